The molecule has 0 radical (unpaired) electrons. The van der Waals surface area contributed by atoms with Crippen LogP contribution in [0.15, 0.2) is 34.1 Å². The van der Waals surface area contributed by atoms with Crippen molar-refractivity contribution in [3.63, 3.8) is 0 Å². The highest BCUT2D eigenvalue weighted by atomic mass is 32.2. The topological polar surface area (TPSA) is 0 Å². The van der Waals surface area contributed by atoms with E-state index in [-0.39, 0.29) is 0 Å². The lowest BCUT2D eigenvalue weighted by molar-refractivity contribution is 1.24. The molecule has 2 aromatic carbocycles. The molecule has 2 aromatic rings. The molecule has 0 fully saturated rings. The number of hydrogen-bond acceptors (Lipinski definition) is 2. The largest absolute Gasteiger partial charge is 0.143 e. The van der Waals surface area contributed by atoms with Crippen LogP contribution in [-0.4, -0.2) is 6.26 Å². The molecule has 0 aliphatic rings. The molecular formula is C17H20S2. The fourth-order valence-corrected chi connectivity index (χ4v) is 3.25. The lowest BCUT2D eigenvalue weighted by Gasteiger charge is -2.15. The molecular weight excluding hydrogens is 268 g/mol. The number of benzene rings is 2. The summed E-state index contributed by atoms with van der Waals surface area (Å²) >= 11 is 6.46. The van der Waals surface area contributed by atoms with Gasteiger partial charge in [0.25, 0.3) is 0 Å². The van der Waals surface area contributed by atoms with Gasteiger partial charge in [-0.25, -0.2) is 0 Å². The van der Waals surface area contributed by atoms with Gasteiger partial charge in [0.2, 0.25) is 0 Å². The maximum Gasteiger partial charge on any atom is 0.0151 e. The monoisotopic (exact) mass is 288 g/mol. The Morgan fingerprint density at radius 1 is 0.737 bits per heavy atom. The molecule has 2 rings (SSSR count). The Kier molecular flexibility index (Phi) is 4.32. The second kappa shape index (κ2) is 5.64. The molecule has 19 heavy (non-hydrogen) atoms. The van der Waals surface area contributed by atoms with Gasteiger partial charge in [0.1, 0.15) is 0 Å². The van der Waals surface area contributed by atoms with Crippen LogP contribution in [0.5, 0.6) is 0 Å². The molecule has 0 spiro atoms. The van der Waals surface area contributed by atoms with Gasteiger partial charge in [-0.15, -0.1) is 24.4 Å². The van der Waals surface area contributed by atoms with Crippen LogP contribution in [-0.2, 0) is 0 Å². The van der Waals surface area contributed by atoms with Gasteiger partial charge in [-0.3, -0.25) is 0 Å². The van der Waals surface area contributed by atoms with E-state index >= 15 is 0 Å². The zero-order chi connectivity index (χ0) is 14.2. The van der Waals surface area contributed by atoms with E-state index < -0.39 is 0 Å². The number of thioether (sulfide) groups is 1. The van der Waals surface area contributed by atoms with E-state index in [1.54, 1.807) is 11.8 Å². The van der Waals surface area contributed by atoms with Crippen LogP contribution in [0, 0.1) is 27.7 Å². The molecule has 0 bridgehead atoms. The Morgan fingerprint density at radius 2 is 1.21 bits per heavy atom. The molecule has 0 aromatic heterocycles. The summed E-state index contributed by atoms with van der Waals surface area (Å²) in [6.07, 6.45) is 2.13. The fourth-order valence-electron chi connectivity index (χ4n) is 2.19. The molecule has 0 amide bonds. The van der Waals surface area contributed by atoms with Crippen molar-refractivity contribution in [2.75, 3.05) is 6.26 Å². The summed E-state index contributed by atoms with van der Waals surface area (Å²) in [6, 6.07) is 8.97. The molecule has 0 saturated carbocycles. The Bertz CT molecular complexity index is 628. The van der Waals surface area contributed by atoms with Gasteiger partial charge in [-0.1, -0.05) is 12.1 Å². The first-order valence-corrected chi connectivity index (χ1v) is 8.07. The fraction of sp³-hybridized carbons (Fsp3) is 0.294. The quantitative estimate of drug-likeness (QED) is 0.554. The molecule has 0 N–H and O–H groups in total. The summed E-state index contributed by atoms with van der Waals surface area (Å²) in [7, 11) is 0. The van der Waals surface area contributed by atoms with E-state index in [1.807, 2.05) is 0 Å². The van der Waals surface area contributed by atoms with Crippen molar-refractivity contribution < 1.29 is 0 Å². The van der Waals surface area contributed by atoms with Crippen LogP contribution < -0.4 is 0 Å². The predicted octanol–water partition coefficient (Wildman–Crippen LogP) is 5.60. The summed E-state index contributed by atoms with van der Waals surface area (Å²) in [6.45, 7) is 8.63. The van der Waals surface area contributed by atoms with Crippen LogP contribution in [0.2, 0.25) is 0 Å². The van der Waals surface area contributed by atoms with Crippen molar-refractivity contribution in [3.8, 4) is 11.1 Å². The molecule has 2 heteroatoms. The van der Waals surface area contributed by atoms with Crippen molar-refractivity contribution >= 4 is 24.4 Å². The first-order chi connectivity index (χ1) is 8.93. The second-order valence-corrected chi connectivity index (χ2v) is 6.42. The second-order valence-electron chi connectivity index (χ2n) is 5.09. The van der Waals surface area contributed by atoms with Crippen LogP contribution in [0.1, 0.15) is 22.3 Å². The van der Waals surface area contributed by atoms with Crippen molar-refractivity contribution in [2.24, 2.45) is 0 Å². The van der Waals surface area contributed by atoms with Gasteiger partial charge in [-0.05, 0) is 79.5 Å². The lowest BCUT2D eigenvalue weighted by Crippen LogP contribution is -1.91. The van der Waals surface area contributed by atoms with Crippen LogP contribution in [0.4, 0.5) is 0 Å². The minimum atomic E-state index is 1.06. The first-order valence-electron chi connectivity index (χ1n) is 6.40. The number of rotatable bonds is 2. The Hall–Kier alpha value is -0.860. The van der Waals surface area contributed by atoms with E-state index in [0.717, 1.165) is 4.90 Å². The summed E-state index contributed by atoms with van der Waals surface area (Å²) in [5.74, 6) is 0. The normalized spacial score (nSPS) is 10.8. The maximum atomic E-state index is 4.66. The summed E-state index contributed by atoms with van der Waals surface area (Å²) in [5, 5.41) is 0. The smallest absolute Gasteiger partial charge is 0.0151 e. The molecule has 0 heterocycles. The molecule has 0 saturated heterocycles. The van der Waals surface area contributed by atoms with Gasteiger partial charge in [-0.2, -0.15) is 0 Å². The highest BCUT2D eigenvalue weighted by Gasteiger charge is 2.11. The minimum absolute atomic E-state index is 1.06. The molecule has 0 unspecified atom stereocenters. The number of thiol groups is 1. The van der Waals surface area contributed by atoms with Crippen molar-refractivity contribution in [3.05, 3.63) is 46.5 Å². The summed E-state index contributed by atoms with van der Waals surface area (Å²) < 4.78 is 0. The third-order valence-corrected chi connectivity index (χ3v) is 4.87. The first kappa shape index (κ1) is 14.5. The average Bonchev–Trinajstić information content (AvgIpc) is 2.36. The average molecular weight is 288 g/mol. The van der Waals surface area contributed by atoms with Crippen molar-refractivity contribution in [2.45, 2.75) is 37.5 Å². The minimum Gasteiger partial charge on any atom is -0.143 e. The van der Waals surface area contributed by atoms with E-state index in [4.69, 9.17) is 0 Å². The molecule has 0 aliphatic heterocycles. The van der Waals surface area contributed by atoms with Gasteiger partial charge in [0, 0.05) is 9.79 Å². The van der Waals surface area contributed by atoms with Crippen molar-refractivity contribution in [1.29, 1.82) is 0 Å². The third-order valence-electron chi connectivity index (χ3n) is 3.72. The maximum absolute atomic E-state index is 4.66. The molecule has 0 aliphatic carbocycles. The van der Waals surface area contributed by atoms with E-state index in [2.05, 4.69) is 70.8 Å². The van der Waals surface area contributed by atoms with Gasteiger partial charge in [0.05, 0.1) is 0 Å². The Balaban J connectivity index is 2.71. The van der Waals surface area contributed by atoms with Crippen molar-refractivity contribution in [1.82, 2.24) is 0 Å². The third kappa shape index (κ3) is 2.85. The molecule has 100 valence electrons. The molecule has 0 nitrogen and oxygen atoms in total. The standard InChI is InChI=1S/C17H20S2/c1-10-6-14(16(18)8-12(10)3)15-7-11(2)13(4)9-17(15)19-5/h6-9,18H,1-5H3. The molecule has 0 atom stereocenters. The summed E-state index contributed by atoms with van der Waals surface area (Å²) in [4.78, 5) is 2.38. The van der Waals surface area contributed by atoms with Crippen LogP contribution in [0.3, 0.4) is 0 Å². The van der Waals surface area contributed by atoms with E-state index in [0.29, 0.717) is 0 Å². The lowest BCUT2D eigenvalue weighted by atomic mass is 9.97. The van der Waals surface area contributed by atoms with Crippen LogP contribution >= 0.6 is 24.4 Å². The number of hydrogen-bond donors (Lipinski definition) is 1. The highest BCUT2D eigenvalue weighted by Crippen LogP contribution is 2.37. The predicted molar refractivity (Wildman–Crippen MR) is 89.9 cm³/mol. The van der Waals surface area contributed by atoms with Crippen LogP contribution in [0.25, 0.3) is 11.1 Å². The summed E-state index contributed by atoms with van der Waals surface area (Å²) in [5.41, 5.74) is 7.82. The van der Waals surface area contributed by atoms with E-state index in [1.165, 1.54) is 38.3 Å². The number of aryl methyl sites for hydroxylation is 4. The zero-order valence-electron chi connectivity index (χ0n) is 12.2. The van der Waals surface area contributed by atoms with E-state index in [9.17, 15) is 0 Å². The highest BCUT2D eigenvalue weighted by molar-refractivity contribution is 7.98. The SMILES string of the molecule is CSc1cc(C)c(C)cc1-c1cc(C)c(C)cc1S. The van der Waals surface area contributed by atoms with Gasteiger partial charge in [0.15, 0.2) is 0 Å². The Labute approximate surface area is 126 Å². The Morgan fingerprint density at radius 3 is 1.79 bits per heavy atom. The zero-order valence-corrected chi connectivity index (χ0v) is 13.9. The van der Waals surface area contributed by atoms with Gasteiger partial charge >= 0.3 is 0 Å². The van der Waals surface area contributed by atoms with Gasteiger partial charge < -0.3 is 0 Å².